The monoisotopic (exact) mass is 953 g/mol. The van der Waals surface area contributed by atoms with Crippen molar-refractivity contribution in [1.29, 1.82) is 0 Å². The Morgan fingerprint density at radius 2 is 1.57 bits per heavy atom. The van der Waals surface area contributed by atoms with Crippen molar-refractivity contribution in [2.75, 3.05) is 56.2 Å². The number of carbonyl (C=O) groups is 4. The van der Waals surface area contributed by atoms with Crippen molar-refractivity contribution in [3.8, 4) is 5.75 Å². The molecule has 67 heavy (non-hydrogen) atoms. The van der Waals surface area contributed by atoms with Gasteiger partial charge >= 0.3 is 0 Å². The van der Waals surface area contributed by atoms with Gasteiger partial charge in [0.05, 0.1) is 39.6 Å². The second-order valence-electron chi connectivity index (χ2n) is 16.6. The Morgan fingerprint density at radius 3 is 2.18 bits per heavy atom. The number of aromatic nitrogens is 7. The number of rotatable bonds is 19. The minimum Gasteiger partial charge on any atom is -0.491 e. The van der Waals surface area contributed by atoms with Crippen molar-refractivity contribution in [3.05, 3.63) is 80.6 Å². The molecule has 1 aliphatic rings. The number of aryl methyl sites for hydroxylation is 4. The number of aliphatic hydroxyl groups is 1. The van der Waals surface area contributed by atoms with Crippen LogP contribution >= 0.6 is 23.1 Å². The molecule has 356 valence electrons. The van der Waals surface area contributed by atoms with Gasteiger partial charge in [0.2, 0.25) is 23.7 Å². The van der Waals surface area contributed by atoms with Crippen molar-refractivity contribution in [2.24, 2.45) is 17.4 Å². The SMILES string of the molecule is CCc1nc(C)sc1C(=O)Nc1nc2cc(C(N)=O)cc(OCCCN3CCN(C(=O)C(C)C)CC3)c2n1C/C=C/Cn1c(NC(=O)c2cc(C)nn2CC)nc2cc(C(N)O)cc(SC)c21. The van der Waals surface area contributed by atoms with Gasteiger partial charge in [0.15, 0.2) is 0 Å². The highest BCUT2D eigenvalue weighted by atomic mass is 32.2. The molecular formula is C46H59N13O6S2. The molecule has 5 heterocycles. The number of thioether (sulfide) groups is 1. The second-order valence-corrected chi connectivity index (χ2v) is 18.6. The highest BCUT2D eigenvalue weighted by molar-refractivity contribution is 7.98. The largest absolute Gasteiger partial charge is 0.491 e. The van der Waals surface area contributed by atoms with Crippen LogP contribution in [-0.2, 0) is 30.8 Å². The minimum absolute atomic E-state index is 0.0387. The number of anilines is 2. The van der Waals surface area contributed by atoms with Crippen LogP contribution in [0.15, 0.2) is 47.4 Å². The number of hydrogen-bond acceptors (Lipinski definition) is 14. The van der Waals surface area contributed by atoms with Crippen LogP contribution < -0.4 is 26.8 Å². The molecule has 1 unspecified atom stereocenters. The van der Waals surface area contributed by atoms with Crippen LogP contribution in [0.2, 0.25) is 0 Å². The summed E-state index contributed by atoms with van der Waals surface area (Å²) in [6, 6.07) is 8.42. The molecule has 7 rings (SSSR count). The third-order valence-electron chi connectivity index (χ3n) is 11.5. The third kappa shape index (κ3) is 10.9. The molecule has 1 aliphatic heterocycles. The molecule has 7 N–H and O–H groups in total. The van der Waals surface area contributed by atoms with Crippen LogP contribution in [0.1, 0.15) is 92.8 Å². The molecule has 6 aromatic rings. The Bertz CT molecular complexity index is 2830. The Labute approximate surface area is 396 Å². The topological polar surface area (TPSA) is 247 Å². The lowest BCUT2D eigenvalue weighted by Crippen LogP contribution is -2.50. The number of aliphatic hydroxyl groups excluding tert-OH is 1. The van der Waals surface area contributed by atoms with E-state index in [1.165, 1.54) is 23.1 Å². The summed E-state index contributed by atoms with van der Waals surface area (Å²) in [5.41, 5.74) is 16.4. The number of nitrogens with one attached hydrogen (secondary N) is 2. The number of amides is 4. The van der Waals surface area contributed by atoms with E-state index in [-0.39, 0.29) is 54.2 Å². The van der Waals surface area contributed by atoms with Crippen molar-refractivity contribution in [3.63, 3.8) is 0 Å². The molecule has 1 fully saturated rings. The van der Waals surface area contributed by atoms with Crippen LogP contribution in [0.3, 0.4) is 0 Å². The van der Waals surface area contributed by atoms with Gasteiger partial charge in [0, 0.05) is 68.7 Å². The number of piperazine rings is 1. The van der Waals surface area contributed by atoms with E-state index in [0.717, 1.165) is 35.1 Å². The molecule has 21 heteroatoms. The predicted octanol–water partition coefficient (Wildman–Crippen LogP) is 5.34. The summed E-state index contributed by atoms with van der Waals surface area (Å²) < 4.78 is 11.8. The molecule has 4 aromatic heterocycles. The zero-order valence-electron chi connectivity index (χ0n) is 39.0. The molecule has 0 radical (unpaired) electrons. The number of carbonyl (C=O) groups excluding carboxylic acids is 4. The molecular weight excluding hydrogens is 895 g/mol. The summed E-state index contributed by atoms with van der Waals surface area (Å²) in [6.45, 7) is 16.3. The average Bonchev–Trinajstić information content (AvgIpc) is 4.07. The van der Waals surface area contributed by atoms with E-state index in [1.54, 1.807) is 35.0 Å². The lowest BCUT2D eigenvalue weighted by molar-refractivity contribution is -0.136. The van der Waals surface area contributed by atoms with E-state index in [4.69, 9.17) is 26.2 Å². The minimum atomic E-state index is -1.23. The summed E-state index contributed by atoms with van der Waals surface area (Å²) in [5, 5.41) is 21.5. The van der Waals surface area contributed by atoms with Gasteiger partial charge in [0.25, 0.3) is 11.8 Å². The first-order valence-corrected chi connectivity index (χ1v) is 24.4. The van der Waals surface area contributed by atoms with Gasteiger partial charge in [-0.25, -0.2) is 15.0 Å². The van der Waals surface area contributed by atoms with Crippen molar-refractivity contribution in [1.82, 2.24) is 43.7 Å². The third-order valence-corrected chi connectivity index (χ3v) is 13.3. The molecule has 4 amide bonds. The predicted molar refractivity (Wildman–Crippen MR) is 261 cm³/mol. The number of ether oxygens (including phenoxy) is 1. The van der Waals surface area contributed by atoms with E-state index in [9.17, 15) is 24.3 Å². The Hall–Kier alpha value is -6.13. The lowest BCUT2D eigenvalue weighted by atomic mass is 10.1. The van der Waals surface area contributed by atoms with E-state index in [1.807, 2.05) is 74.0 Å². The summed E-state index contributed by atoms with van der Waals surface area (Å²) in [5.74, 6) is -0.412. The maximum atomic E-state index is 13.9. The van der Waals surface area contributed by atoms with Crippen LogP contribution in [-0.4, -0.2) is 118 Å². The van der Waals surface area contributed by atoms with Gasteiger partial charge in [-0.3, -0.25) is 39.4 Å². The first kappa shape index (κ1) is 48.8. The maximum absolute atomic E-state index is 13.9. The lowest BCUT2D eigenvalue weighted by Gasteiger charge is -2.35. The van der Waals surface area contributed by atoms with Gasteiger partial charge in [-0.05, 0) is 75.8 Å². The zero-order chi connectivity index (χ0) is 48.1. The Balaban J connectivity index is 1.21. The van der Waals surface area contributed by atoms with Gasteiger partial charge in [0.1, 0.15) is 28.1 Å². The highest BCUT2D eigenvalue weighted by Crippen LogP contribution is 2.34. The van der Waals surface area contributed by atoms with Crippen molar-refractivity contribution >= 4 is 80.7 Å². The summed E-state index contributed by atoms with van der Waals surface area (Å²) >= 11 is 2.76. The summed E-state index contributed by atoms with van der Waals surface area (Å²) in [7, 11) is 0. The van der Waals surface area contributed by atoms with Crippen LogP contribution in [0.5, 0.6) is 5.75 Å². The normalized spacial score (nSPS) is 13.9. The summed E-state index contributed by atoms with van der Waals surface area (Å²) in [6.07, 6.45) is 5.74. The fraction of sp³-hybridized carbons (Fsp3) is 0.435. The molecule has 2 aromatic carbocycles. The molecule has 1 saturated heterocycles. The zero-order valence-corrected chi connectivity index (χ0v) is 40.6. The first-order valence-electron chi connectivity index (χ1n) is 22.4. The molecule has 0 bridgehead atoms. The quantitative estimate of drug-likeness (QED) is 0.0298. The first-order chi connectivity index (χ1) is 32.1. The van der Waals surface area contributed by atoms with E-state index >= 15 is 0 Å². The Kier molecular flexibility index (Phi) is 15.5. The molecule has 1 atom stereocenters. The number of thiazole rings is 1. The van der Waals surface area contributed by atoms with Gasteiger partial charge in [-0.1, -0.05) is 32.9 Å². The van der Waals surface area contributed by atoms with Gasteiger partial charge in [-0.15, -0.1) is 23.1 Å². The van der Waals surface area contributed by atoms with Gasteiger partial charge in [-0.2, -0.15) is 5.10 Å². The number of benzene rings is 2. The number of primary amides is 1. The number of hydrogen-bond donors (Lipinski definition) is 5. The number of imidazole rings is 2. The molecule has 0 aliphatic carbocycles. The van der Waals surface area contributed by atoms with Crippen LogP contribution in [0.25, 0.3) is 22.1 Å². The maximum Gasteiger partial charge on any atom is 0.276 e. The van der Waals surface area contributed by atoms with E-state index < -0.39 is 12.1 Å². The van der Waals surface area contributed by atoms with Crippen LogP contribution in [0.4, 0.5) is 11.9 Å². The van der Waals surface area contributed by atoms with Crippen molar-refractivity contribution < 1.29 is 29.0 Å². The van der Waals surface area contributed by atoms with Gasteiger partial charge < -0.3 is 35.3 Å². The molecule has 19 nitrogen and oxygen atoms in total. The smallest absolute Gasteiger partial charge is 0.276 e. The highest BCUT2D eigenvalue weighted by Gasteiger charge is 2.25. The average molecular weight is 954 g/mol. The molecule has 0 spiro atoms. The van der Waals surface area contributed by atoms with E-state index in [2.05, 4.69) is 25.6 Å². The standard InChI is InChI=1S/C46H59N13O6S2/c1-8-31-39(67-28(6)49-31)43(63)53-46-50-32-22-29(40(47)60)24-35(65-20-12-13-55-16-18-56(19-17-55)44(64)26(3)4)37(32)57(46)14-10-11-15-58-38-33(23-30(41(48)61)25-36(38)66-7)51-45(58)52-42(62)34-21-27(5)54-59(34)9-2/h10-11,21-26,41,61H,8-9,12-20,48H2,1-7H3,(H2,47,60)(H,50,53,63)(H,51,52,62)/b11-10+. The van der Waals surface area contributed by atoms with Crippen molar-refractivity contribution in [2.45, 2.75) is 85.1 Å². The summed E-state index contributed by atoms with van der Waals surface area (Å²) in [4.78, 5) is 72.6. The van der Waals surface area contributed by atoms with Crippen LogP contribution in [0, 0.1) is 19.8 Å². The Morgan fingerprint density at radius 1 is 0.910 bits per heavy atom. The molecule has 0 saturated carbocycles. The second kappa shape index (κ2) is 21.2. The number of allylic oxidation sites excluding steroid dienone is 2. The number of nitrogens with two attached hydrogens (primary N) is 2. The fourth-order valence-electron chi connectivity index (χ4n) is 8.17. The number of fused-ring (bicyclic) bond motifs is 2. The van der Waals surface area contributed by atoms with E-state index in [0.29, 0.717) is 88.9 Å². The fourth-order valence-corrected chi connectivity index (χ4v) is 9.74. The number of nitrogens with zero attached hydrogens (tertiary/aromatic N) is 9.